The van der Waals surface area contributed by atoms with E-state index in [1.807, 2.05) is 0 Å². The fourth-order valence-electron chi connectivity index (χ4n) is 6.24. The third-order valence-corrected chi connectivity index (χ3v) is 10.2. The first-order chi connectivity index (χ1) is 24.8. The lowest BCUT2D eigenvalue weighted by Gasteiger charge is -2.21. The minimum absolute atomic E-state index is 0.274. The van der Waals surface area contributed by atoms with Gasteiger partial charge in [0.15, 0.2) is 0 Å². The van der Waals surface area contributed by atoms with Crippen molar-refractivity contribution in [2.75, 3.05) is 5.75 Å². The second kappa shape index (κ2) is 38.0. The number of hydrogen-bond donors (Lipinski definition) is 3. The van der Waals surface area contributed by atoms with Crippen LogP contribution in [0, 0.1) is 0 Å². The summed E-state index contributed by atoms with van der Waals surface area (Å²) in [5.41, 5.74) is 0. The van der Waals surface area contributed by atoms with Crippen molar-refractivity contribution in [2.45, 2.75) is 219 Å². The largest absolute Gasteiger partial charge is 0.387 e. The van der Waals surface area contributed by atoms with Crippen molar-refractivity contribution >= 4 is 16.0 Å². The Morgan fingerprint density at radius 2 is 0.843 bits per heavy atom. The third-order valence-electron chi connectivity index (χ3n) is 9.46. The predicted molar refractivity (Wildman–Crippen MR) is 221 cm³/mol. The number of hydrogen-bond acceptors (Lipinski definition) is 4. The van der Waals surface area contributed by atoms with Gasteiger partial charge in [-0.3, -0.25) is 9.35 Å². The summed E-state index contributed by atoms with van der Waals surface area (Å²) in [5.74, 6) is -1.02. The Balaban J connectivity index is 3.99. The van der Waals surface area contributed by atoms with Crippen LogP contribution in [0.1, 0.15) is 206 Å². The number of nitrogens with one attached hydrogen (secondary N) is 1. The molecule has 1 amide bonds. The van der Waals surface area contributed by atoms with Crippen molar-refractivity contribution in [1.82, 2.24) is 5.32 Å². The van der Waals surface area contributed by atoms with E-state index in [0.717, 1.165) is 51.4 Å². The molecule has 0 rings (SSSR count). The van der Waals surface area contributed by atoms with Gasteiger partial charge in [-0.05, 0) is 70.6 Å². The molecule has 0 radical (unpaired) electrons. The highest BCUT2D eigenvalue weighted by Gasteiger charge is 2.24. The second-order valence-electron chi connectivity index (χ2n) is 14.6. The predicted octanol–water partition coefficient (Wildman–Crippen LogP) is 12.7. The van der Waals surface area contributed by atoms with Crippen LogP contribution < -0.4 is 5.32 Å². The van der Waals surface area contributed by atoms with Gasteiger partial charge < -0.3 is 10.4 Å². The highest BCUT2D eigenvalue weighted by Crippen LogP contribution is 2.13. The highest BCUT2D eigenvalue weighted by molar-refractivity contribution is 7.85. The lowest BCUT2D eigenvalue weighted by molar-refractivity contribution is -0.122. The fraction of sp³-hybridized carbons (Fsp3) is 0.795. The molecular weight excluding hydrogens is 655 g/mol. The minimum atomic E-state index is -4.36. The topological polar surface area (TPSA) is 104 Å². The first-order valence-corrected chi connectivity index (χ1v) is 22.9. The van der Waals surface area contributed by atoms with E-state index in [2.05, 4.69) is 55.6 Å². The van der Waals surface area contributed by atoms with E-state index in [1.165, 1.54) is 128 Å². The van der Waals surface area contributed by atoms with Crippen molar-refractivity contribution in [3.63, 3.8) is 0 Å². The fourth-order valence-corrected chi connectivity index (χ4v) is 6.97. The zero-order chi connectivity index (χ0) is 37.5. The molecular formula is C44H81NO5S. The molecule has 0 heterocycles. The van der Waals surface area contributed by atoms with Crippen LogP contribution in [0.3, 0.4) is 0 Å². The summed E-state index contributed by atoms with van der Waals surface area (Å²) in [4.78, 5) is 12.5. The second-order valence-corrected chi connectivity index (χ2v) is 16.1. The first-order valence-electron chi connectivity index (χ1n) is 21.3. The van der Waals surface area contributed by atoms with Crippen LogP contribution in [0.25, 0.3) is 0 Å². The zero-order valence-corrected chi connectivity index (χ0v) is 34.0. The molecule has 0 aliphatic heterocycles. The molecule has 0 fully saturated rings. The maximum absolute atomic E-state index is 12.5. The van der Waals surface area contributed by atoms with Crippen molar-refractivity contribution in [2.24, 2.45) is 0 Å². The van der Waals surface area contributed by atoms with E-state index in [4.69, 9.17) is 0 Å². The van der Waals surface area contributed by atoms with Gasteiger partial charge in [0.25, 0.3) is 10.1 Å². The van der Waals surface area contributed by atoms with Gasteiger partial charge in [0.2, 0.25) is 5.91 Å². The van der Waals surface area contributed by atoms with E-state index in [9.17, 15) is 22.9 Å². The quantitative estimate of drug-likeness (QED) is 0.0333. The van der Waals surface area contributed by atoms with Crippen molar-refractivity contribution < 1.29 is 22.9 Å². The SMILES string of the molecule is CCCCCCCC/C=C\CCCCCCCC(=O)NC(CS(=O)(=O)O)C(O)/C=C/CC/C=C/CC/C=C/CCCCCCCCCCCCC. The maximum Gasteiger partial charge on any atom is 0.267 e. The Morgan fingerprint density at radius 3 is 1.24 bits per heavy atom. The van der Waals surface area contributed by atoms with Crippen LogP contribution >= 0.6 is 0 Å². The van der Waals surface area contributed by atoms with Crippen molar-refractivity contribution in [3.05, 3.63) is 48.6 Å². The van der Waals surface area contributed by atoms with Gasteiger partial charge in [-0.2, -0.15) is 8.42 Å². The van der Waals surface area contributed by atoms with Gasteiger partial charge in [-0.15, -0.1) is 0 Å². The zero-order valence-electron chi connectivity index (χ0n) is 33.2. The molecule has 0 aliphatic carbocycles. The molecule has 2 unspecified atom stereocenters. The summed E-state index contributed by atoms with van der Waals surface area (Å²) in [7, 11) is -4.36. The molecule has 0 saturated carbocycles. The summed E-state index contributed by atoms with van der Waals surface area (Å²) in [5, 5.41) is 13.2. The monoisotopic (exact) mass is 736 g/mol. The van der Waals surface area contributed by atoms with E-state index < -0.39 is 28.0 Å². The lowest BCUT2D eigenvalue weighted by atomic mass is 10.1. The molecule has 51 heavy (non-hydrogen) atoms. The molecule has 298 valence electrons. The minimum Gasteiger partial charge on any atom is -0.387 e. The molecule has 3 N–H and O–H groups in total. The first kappa shape index (κ1) is 49.3. The molecule has 0 aromatic carbocycles. The Hall–Kier alpha value is -1.70. The van der Waals surface area contributed by atoms with E-state index >= 15 is 0 Å². The molecule has 0 aliphatic rings. The van der Waals surface area contributed by atoms with Crippen LogP contribution in [-0.2, 0) is 14.9 Å². The summed E-state index contributed by atoms with van der Waals surface area (Å²) in [6.07, 6.45) is 51.0. The summed E-state index contributed by atoms with van der Waals surface area (Å²) in [6, 6.07) is -1.08. The number of amides is 1. The number of carbonyl (C=O) groups is 1. The van der Waals surface area contributed by atoms with Gasteiger partial charge in [0.05, 0.1) is 17.9 Å². The Bertz CT molecular complexity index is 987. The number of rotatable bonds is 38. The highest BCUT2D eigenvalue weighted by atomic mass is 32.2. The van der Waals surface area contributed by atoms with Gasteiger partial charge in [0.1, 0.15) is 0 Å². The van der Waals surface area contributed by atoms with Gasteiger partial charge in [0, 0.05) is 6.42 Å². The molecule has 0 spiro atoms. The van der Waals surface area contributed by atoms with Crippen LogP contribution in [0.5, 0.6) is 0 Å². The van der Waals surface area contributed by atoms with E-state index in [0.29, 0.717) is 12.8 Å². The summed E-state index contributed by atoms with van der Waals surface area (Å²) >= 11 is 0. The molecule has 0 saturated heterocycles. The van der Waals surface area contributed by atoms with Crippen molar-refractivity contribution in [1.29, 1.82) is 0 Å². The van der Waals surface area contributed by atoms with Crippen LogP contribution in [0.15, 0.2) is 48.6 Å². The van der Waals surface area contributed by atoms with Gasteiger partial charge in [-0.25, -0.2) is 0 Å². The number of aliphatic hydroxyl groups is 1. The Labute approximate surface area is 316 Å². The van der Waals surface area contributed by atoms with Crippen LogP contribution in [0.4, 0.5) is 0 Å². The Morgan fingerprint density at radius 1 is 0.510 bits per heavy atom. The molecule has 6 nitrogen and oxygen atoms in total. The molecule has 0 bridgehead atoms. The normalized spacial score (nSPS) is 13.7. The van der Waals surface area contributed by atoms with Gasteiger partial charge >= 0.3 is 0 Å². The third kappa shape index (κ3) is 39.3. The summed E-state index contributed by atoms with van der Waals surface area (Å²) < 4.78 is 32.5. The number of allylic oxidation sites excluding steroid dienone is 7. The molecule has 2 atom stereocenters. The van der Waals surface area contributed by atoms with E-state index in [-0.39, 0.29) is 12.3 Å². The maximum atomic E-state index is 12.5. The smallest absolute Gasteiger partial charge is 0.267 e. The van der Waals surface area contributed by atoms with Crippen molar-refractivity contribution in [3.8, 4) is 0 Å². The standard InChI is InChI=1S/C44H81NO5S/c1-3-5-7-9-11-13-15-17-19-20-21-22-23-24-26-27-29-31-33-35-37-39-43(46)42(41-51(48,49)50)45-44(47)40-38-36-34-32-30-28-25-18-16-14-12-10-8-6-4-2/h18,23-25,29,31,37,39,42-43,46H,3-17,19-22,26-28,30,32-36,38,40-41H2,1-2H3,(H,45,47)(H,48,49,50)/b24-23+,25-18-,31-29+,39-37+. The molecule has 0 aromatic rings. The summed E-state index contributed by atoms with van der Waals surface area (Å²) in [6.45, 7) is 4.52. The number of carbonyl (C=O) groups excluding carboxylic acids is 1. The van der Waals surface area contributed by atoms with Crippen LogP contribution in [0.2, 0.25) is 0 Å². The average Bonchev–Trinajstić information content (AvgIpc) is 3.09. The Kier molecular flexibility index (Phi) is 36.8. The van der Waals surface area contributed by atoms with Crippen LogP contribution in [-0.4, -0.2) is 41.9 Å². The number of aliphatic hydroxyl groups excluding tert-OH is 1. The number of unbranched alkanes of at least 4 members (excludes halogenated alkanes) is 24. The molecule has 0 aromatic heterocycles. The average molecular weight is 736 g/mol. The van der Waals surface area contributed by atoms with Gasteiger partial charge in [-0.1, -0.05) is 178 Å². The molecule has 7 heteroatoms. The van der Waals surface area contributed by atoms with E-state index in [1.54, 1.807) is 6.08 Å². The lowest BCUT2D eigenvalue weighted by Crippen LogP contribution is -2.46.